The maximum atomic E-state index is 12.1. The molecule has 0 fully saturated rings. The van der Waals surface area contributed by atoms with Gasteiger partial charge in [0.1, 0.15) is 0 Å². The van der Waals surface area contributed by atoms with Crippen LogP contribution >= 0.6 is 11.6 Å². The smallest absolute Gasteiger partial charge is 0.255 e. The van der Waals surface area contributed by atoms with E-state index in [1.165, 1.54) is 4.90 Å². The standard InChI is InChI=1S/C14H19ClN2O3/c1-17(10-13(18)16-8-5-9-20-2)14(19)11-6-3-4-7-12(11)15/h3-4,6-7H,5,8-10H2,1-2H3,(H,16,18). The predicted molar refractivity (Wildman–Crippen MR) is 77.9 cm³/mol. The van der Waals surface area contributed by atoms with Gasteiger partial charge in [0.05, 0.1) is 17.1 Å². The third-order valence-corrected chi connectivity index (χ3v) is 3.01. The molecule has 0 aromatic heterocycles. The Kier molecular flexibility index (Phi) is 7.04. The minimum Gasteiger partial charge on any atom is -0.385 e. The van der Waals surface area contributed by atoms with Crippen molar-refractivity contribution in [2.75, 3.05) is 33.9 Å². The summed E-state index contributed by atoms with van der Waals surface area (Å²) >= 11 is 5.96. The van der Waals surface area contributed by atoms with E-state index in [9.17, 15) is 9.59 Å². The van der Waals surface area contributed by atoms with Crippen molar-refractivity contribution in [2.45, 2.75) is 6.42 Å². The second kappa shape index (κ2) is 8.55. The average Bonchev–Trinajstić information content (AvgIpc) is 2.43. The number of halogens is 1. The molecule has 0 aliphatic rings. The monoisotopic (exact) mass is 298 g/mol. The van der Waals surface area contributed by atoms with Crippen LogP contribution in [0.3, 0.4) is 0 Å². The van der Waals surface area contributed by atoms with Crippen molar-refractivity contribution in [2.24, 2.45) is 0 Å². The molecular weight excluding hydrogens is 280 g/mol. The summed E-state index contributed by atoms with van der Waals surface area (Å²) in [6.07, 6.45) is 0.740. The summed E-state index contributed by atoms with van der Waals surface area (Å²) in [7, 11) is 3.18. The van der Waals surface area contributed by atoms with Crippen LogP contribution in [0.4, 0.5) is 0 Å². The molecule has 2 amide bonds. The molecule has 0 bridgehead atoms. The van der Waals surface area contributed by atoms with E-state index in [0.717, 1.165) is 6.42 Å². The van der Waals surface area contributed by atoms with Crippen molar-refractivity contribution in [3.63, 3.8) is 0 Å². The van der Waals surface area contributed by atoms with Crippen molar-refractivity contribution in [3.8, 4) is 0 Å². The van der Waals surface area contributed by atoms with Gasteiger partial charge in [-0.1, -0.05) is 23.7 Å². The number of carbonyl (C=O) groups excluding carboxylic acids is 2. The van der Waals surface area contributed by atoms with Gasteiger partial charge in [0.2, 0.25) is 5.91 Å². The minimum absolute atomic E-state index is 0.00294. The molecule has 110 valence electrons. The number of nitrogens with one attached hydrogen (secondary N) is 1. The lowest BCUT2D eigenvalue weighted by atomic mass is 10.2. The first kappa shape index (κ1) is 16.5. The Balaban J connectivity index is 2.46. The number of rotatable bonds is 7. The zero-order valence-corrected chi connectivity index (χ0v) is 12.4. The first-order valence-corrected chi connectivity index (χ1v) is 6.69. The Labute approximate surface area is 123 Å². The molecule has 0 radical (unpaired) electrons. The number of nitrogens with zero attached hydrogens (tertiary/aromatic N) is 1. The number of benzene rings is 1. The average molecular weight is 299 g/mol. The number of carbonyl (C=O) groups is 2. The largest absolute Gasteiger partial charge is 0.385 e. The summed E-state index contributed by atoms with van der Waals surface area (Å²) < 4.78 is 4.88. The highest BCUT2D eigenvalue weighted by atomic mass is 35.5. The van der Waals surface area contributed by atoms with Gasteiger partial charge in [0.25, 0.3) is 5.91 Å². The quantitative estimate of drug-likeness (QED) is 0.777. The van der Waals surface area contributed by atoms with Gasteiger partial charge in [-0.25, -0.2) is 0 Å². The Bertz CT molecular complexity index is 465. The van der Waals surface area contributed by atoms with Gasteiger partial charge in [-0.15, -0.1) is 0 Å². The molecule has 0 unspecified atom stereocenters. The van der Waals surface area contributed by atoms with Gasteiger partial charge in [-0.3, -0.25) is 9.59 Å². The number of amides is 2. The van der Waals surface area contributed by atoms with E-state index < -0.39 is 0 Å². The number of ether oxygens (including phenoxy) is 1. The minimum atomic E-state index is -0.275. The Morgan fingerprint density at radius 1 is 1.35 bits per heavy atom. The molecule has 0 saturated carbocycles. The van der Waals surface area contributed by atoms with Crippen LogP contribution in [0.1, 0.15) is 16.8 Å². The summed E-state index contributed by atoms with van der Waals surface area (Å²) in [5.74, 6) is -0.480. The van der Waals surface area contributed by atoms with Crippen LogP contribution in [-0.2, 0) is 9.53 Å². The summed E-state index contributed by atoms with van der Waals surface area (Å²) in [6, 6.07) is 6.77. The van der Waals surface area contributed by atoms with Crippen LogP contribution in [0.15, 0.2) is 24.3 Å². The van der Waals surface area contributed by atoms with E-state index in [1.807, 2.05) is 0 Å². The van der Waals surface area contributed by atoms with Gasteiger partial charge in [0.15, 0.2) is 0 Å². The van der Waals surface area contributed by atoms with Crippen LogP contribution in [-0.4, -0.2) is 50.6 Å². The lowest BCUT2D eigenvalue weighted by Gasteiger charge is -2.17. The summed E-state index contributed by atoms with van der Waals surface area (Å²) in [4.78, 5) is 25.1. The number of hydrogen-bond acceptors (Lipinski definition) is 3. The maximum absolute atomic E-state index is 12.1. The second-order valence-corrected chi connectivity index (χ2v) is 4.74. The van der Waals surface area contributed by atoms with Crippen molar-refractivity contribution < 1.29 is 14.3 Å². The van der Waals surface area contributed by atoms with E-state index in [0.29, 0.717) is 23.7 Å². The third kappa shape index (κ3) is 5.19. The zero-order valence-electron chi connectivity index (χ0n) is 11.7. The highest BCUT2D eigenvalue weighted by molar-refractivity contribution is 6.33. The van der Waals surface area contributed by atoms with E-state index in [4.69, 9.17) is 16.3 Å². The van der Waals surface area contributed by atoms with Crippen molar-refractivity contribution >= 4 is 23.4 Å². The summed E-state index contributed by atoms with van der Waals surface area (Å²) in [5, 5.41) is 3.10. The molecule has 5 nitrogen and oxygen atoms in total. The van der Waals surface area contributed by atoms with E-state index in [1.54, 1.807) is 38.4 Å². The normalized spacial score (nSPS) is 10.2. The molecular formula is C14H19ClN2O3. The van der Waals surface area contributed by atoms with Gasteiger partial charge < -0.3 is 15.0 Å². The second-order valence-electron chi connectivity index (χ2n) is 4.34. The molecule has 1 rings (SSSR count). The van der Waals surface area contributed by atoms with E-state index in [2.05, 4.69) is 5.32 Å². The molecule has 20 heavy (non-hydrogen) atoms. The van der Waals surface area contributed by atoms with Crippen LogP contribution in [0.25, 0.3) is 0 Å². The first-order chi connectivity index (χ1) is 9.56. The Hall–Kier alpha value is -1.59. The summed E-state index contributed by atoms with van der Waals surface area (Å²) in [5.41, 5.74) is 0.392. The Morgan fingerprint density at radius 3 is 2.70 bits per heavy atom. The highest BCUT2D eigenvalue weighted by Gasteiger charge is 2.16. The van der Waals surface area contributed by atoms with Crippen LogP contribution in [0.2, 0.25) is 5.02 Å². The molecule has 1 N–H and O–H groups in total. The molecule has 6 heteroatoms. The summed E-state index contributed by atoms with van der Waals surface area (Å²) in [6.45, 7) is 1.12. The molecule has 0 aliphatic heterocycles. The Morgan fingerprint density at radius 2 is 2.05 bits per heavy atom. The van der Waals surface area contributed by atoms with Crippen molar-refractivity contribution in [3.05, 3.63) is 34.9 Å². The van der Waals surface area contributed by atoms with Gasteiger partial charge in [-0.05, 0) is 18.6 Å². The number of likely N-dealkylation sites (N-methyl/N-ethyl adjacent to an activating group) is 1. The fourth-order valence-electron chi connectivity index (χ4n) is 1.63. The molecule has 0 atom stereocenters. The van der Waals surface area contributed by atoms with E-state index in [-0.39, 0.29) is 18.4 Å². The molecule has 1 aromatic rings. The number of hydrogen-bond donors (Lipinski definition) is 1. The van der Waals surface area contributed by atoms with E-state index >= 15 is 0 Å². The zero-order chi connectivity index (χ0) is 15.0. The molecule has 0 aliphatic carbocycles. The van der Waals surface area contributed by atoms with Crippen LogP contribution in [0, 0.1) is 0 Å². The predicted octanol–water partition coefficient (Wildman–Crippen LogP) is 1.56. The highest BCUT2D eigenvalue weighted by Crippen LogP contribution is 2.16. The molecule has 0 saturated heterocycles. The van der Waals surface area contributed by atoms with Crippen molar-refractivity contribution in [1.82, 2.24) is 10.2 Å². The topological polar surface area (TPSA) is 58.6 Å². The van der Waals surface area contributed by atoms with Crippen molar-refractivity contribution in [1.29, 1.82) is 0 Å². The fourth-order valence-corrected chi connectivity index (χ4v) is 1.84. The SMILES string of the molecule is COCCCNC(=O)CN(C)C(=O)c1ccccc1Cl. The third-order valence-electron chi connectivity index (χ3n) is 2.68. The molecule has 0 spiro atoms. The maximum Gasteiger partial charge on any atom is 0.255 e. The van der Waals surface area contributed by atoms with Gasteiger partial charge >= 0.3 is 0 Å². The molecule has 1 aromatic carbocycles. The first-order valence-electron chi connectivity index (χ1n) is 6.32. The van der Waals surface area contributed by atoms with Crippen LogP contribution in [0.5, 0.6) is 0 Å². The lowest BCUT2D eigenvalue weighted by molar-refractivity contribution is -0.121. The van der Waals surface area contributed by atoms with Gasteiger partial charge in [0, 0.05) is 27.3 Å². The number of methoxy groups -OCH3 is 1. The van der Waals surface area contributed by atoms with Crippen LogP contribution < -0.4 is 5.32 Å². The molecule has 0 heterocycles. The van der Waals surface area contributed by atoms with Gasteiger partial charge in [-0.2, -0.15) is 0 Å². The lowest BCUT2D eigenvalue weighted by Crippen LogP contribution is -2.38. The fraction of sp³-hybridized carbons (Fsp3) is 0.429.